The van der Waals surface area contributed by atoms with Crippen LogP contribution in [0.1, 0.15) is 22.5 Å². The third-order valence-corrected chi connectivity index (χ3v) is 6.84. The first-order valence-electron chi connectivity index (χ1n) is 12.4. The average molecular weight is 482 g/mol. The van der Waals surface area contributed by atoms with Crippen LogP contribution in [-0.2, 0) is 6.54 Å². The monoisotopic (exact) mass is 481 g/mol. The Morgan fingerprint density at radius 1 is 1.03 bits per heavy atom. The molecule has 184 valence electrons. The van der Waals surface area contributed by atoms with Crippen LogP contribution in [0.5, 0.6) is 0 Å². The second kappa shape index (κ2) is 10.5. The van der Waals surface area contributed by atoms with Crippen molar-refractivity contribution in [1.82, 2.24) is 14.8 Å². The third-order valence-electron chi connectivity index (χ3n) is 6.84. The van der Waals surface area contributed by atoms with Crippen molar-refractivity contribution in [2.24, 2.45) is 0 Å². The van der Waals surface area contributed by atoms with E-state index in [0.717, 1.165) is 84.2 Å². The lowest BCUT2D eigenvalue weighted by atomic mass is 10.0. The first kappa shape index (κ1) is 24.0. The van der Waals surface area contributed by atoms with Gasteiger partial charge in [0.25, 0.3) is 0 Å². The summed E-state index contributed by atoms with van der Waals surface area (Å²) in [7, 11) is 0. The number of nitriles is 1. The molecule has 1 fully saturated rings. The molecule has 0 aliphatic carbocycles. The lowest BCUT2D eigenvalue weighted by molar-refractivity contribution is 0.104. The summed E-state index contributed by atoms with van der Waals surface area (Å²) in [4.78, 5) is 9.23. The maximum Gasteiger partial charge on any atom is 0.134 e. The lowest BCUT2D eigenvalue weighted by Gasteiger charge is -2.33. The molecular weight excluding hydrogens is 450 g/mol. The molecule has 0 atom stereocenters. The molecule has 2 aromatic heterocycles. The largest absolute Gasteiger partial charge is 0.460 e. The Balaban J connectivity index is 1.37. The zero-order chi connectivity index (χ0) is 25.1. The summed E-state index contributed by atoms with van der Waals surface area (Å²) < 4.78 is 6.20. The van der Waals surface area contributed by atoms with E-state index in [0.29, 0.717) is 5.56 Å². The number of aromatic nitrogens is 1. The van der Waals surface area contributed by atoms with Crippen molar-refractivity contribution in [2.45, 2.75) is 20.4 Å². The fraction of sp³-hybridized carbons (Fsp3) is 0.310. The van der Waals surface area contributed by atoms with Crippen LogP contribution in [-0.4, -0.2) is 59.2 Å². The summed E-state index contributed by atoms with van der Waals surface area (Å²) in [6, 6.07) is 18.6. The number of aliphatic hydroxyl groups excluding tert-OH is 1. The minimum atomic E-state index is 0.211. The first-order chi connectivity index (χ1) is 17.5. The Morgan fingerprint density at radius 2 is 1.83 bits per heavy atom. The molecule has 0 spiro atoms. The highest BCUT2D eigenvalue weighted by molar-refractivity contribution is 5.97. The number of rotatable bonds is 7. The van der Waals surface area contributed by atoms with Gasteiger partial charge in [0.1, 0.15) is 17.6 Å². The smallest absolute Gasteiger partial charge is 0.134 e. The maximum atomic E-state index is 9.72. The molecule has 0 radical (unpaired) electrons. The molecule has 1 aliphatic rings. The molecular formula is C29H31N5O2. The van der Waals surface area contributed by atoms with Gasteiger partial charge in [0.05, 0.1) is 29.9 Å². The summed E-state index contributed by atoms with van der Waals surface area (Å²) >= 11 is 0. The number of hydrogen-bond donors (Lipinski definition) is 2. The Bertz CT molecular complexity index is 1410. The van der Waals surface area contributed by atoms with E-state index in [1.54, 1.807) is 6.20 Å². The Morgan fingerprint density at radius 3 is 2.58 bits per heavy atom. The summed E-state index contributed by atoms with van der Waals surface area (Å²) in [6.45, 7) is 9.72. The highest BCUT2D eigenvalue weighted by Gasteiger charge is 2.18. The molecule has 4 aromatic rings. The predicted octanol–water partition coefficient (Wildman–Crippen LogP) is 4.84. The van der Waals surface area contributed by atoms with Gasteiger partial charge in [0.15, 0.2) is 0 Å². The summed E-state index contributed by atoms with van der Waals surface area (Å²) in [6.07, 6.45) is 1.63. The van der Waals surface area contributed by atoms with E-state index >= 15 is 0 Å². The van der Waals surface area contributed by atoms with Crippen LogP contribution in [0.25, 0.3) is 22.2 Å². The molecule has 0 amide bonds. The minimum absolute atomic E-state index is 0.211. The summed E-state index contributed by atoms with van der Waals surface area (Å²) in [5.41, 5.74) is 6.33. The lowest BCUT2D eigenvalue weighted by Crippen LogP contribution is -2.46. The van der Waals surface area contributed by atoms with Gasteiger partial charge in [-0.3, -0.25) is 14.8 Å². The van der Waals surface area contributed by atoms with Crippen LogP contribution < -0.4 is 5.32 Å². The molecule has 1 aliphatic heterocycles. The van der Waals surface area contributed by atoms with Crippen LogP contribution >= 0.6 is 0 Å². The Labute approximate surface area is 211 Å². The van der Waals surface area contributed by atoms with E-state index in [4.69, 9.17) is 9.52 Å². The van der Waals surface area contributed by atoms with Crippen LogP contribution in [0.15, 0.2) is 59.1 Å². The van der Waals surface area contributed by atoms with Crippen molar-refractivity contribution in [1.29, 1.82) is 5.26 Å². The molecule has 0 saturated carbocycles. The second-order valence-electron chi connectivity index (χ2n) is 9.44. The van der Waals surface area contributed by atoms with Crippen LogP contribution in [0.4, 0.5) is 11.4 Å². The highest BCUT2D eigenvalue weighted by atomic mass is 16.3. The van der Waals surface area contributed by atoms with Crippen molar-refractivity contribution in [2.75, 3.05) is 44.6 Å². The normalized spacial score (nSPS) is 14.7. The van der Waals surface area contributed by atoms with Crippen LogP contribution in [0.2, 0.25) is 0 Å². The fourth-order valence-electron chi connectivity index (χ4n) is 4.81. The van der Waals surface area contributed by atoms with Gasteiger partial charge in [-0.05, 0) is 49.7 Å². The number of furan rings is 1. The number of nitrogens with one attached hydrogen (secondary N) is 1. The molecule has 1 saturated heterocycles. The zero-order valence-corrected chi connectivity index (χ0v) is 20.8. The number of piperazine rings is 1. The predicted molar refractivity (Wildman–Crippen MR) is 142 cm³/mol. The Hall–Kier alpha value is -3.70. The number of aryl methyl sites for hydroxylation is 2. The summed E-state index contributed by atoms with van der Waals surface area (Å²) in [5, 5.41) is 23.2. The number of nitrogens with zero attached hydrogens (tertiary/aromatic N) is 4. The Kier molecular flexibility index (Phi) is 7.01. The van der Waals surface area contributed by atoms with Crippen LogP contribution in [0.3, 0.4) is 0 Å². The molecule has 36 heavy (non-hydrogen) atoms. The number of β-amino-alcohol motifs (C(OH)–C–C–N with tert-alkyl or cyclic N) is 1. The standard InChI is InChI=1S/C29H31N5O2/c1-20-3-7-26(21(2)15-20)32-29-23(17-30)18-31-27-16-22(4-6-25(27)29)28-8-5-24(36-28)19-34-11-9-33(10-12-34)13-14-35/h3-8,15-16,18,35H,9-14,19H2,1-2H3,(H,31,32). The minimum Gasteiger partial charge on any atom is -0.460 e. The van der Waals surface area contributed by atoms with Gasteiger partial charge in [-0.2, -0.15) is 5.26 Å². The molecule has 7 nitrogen and oxygen atoms in total. The average Bonchev–Trinajstić information content (AvgIpc) is 3.35. The van der Waals surface area contributed by atoms with Gasteiger partial charge in [0, 0.05) is 55.6 Å². The number of fused-ring (bicyclic) bond motifs is 1. The number of pyridine rings is 1. The zero-order valence-electron chi connectivity index (χ0n) is 20.8. The van der Waals surface area contributed by atoms with E-state index in [2.05, 4.69) is 52.2 Å². The highest BCUT2D eigenvalue weighted by Crippen LogP contribution is 2.33. The van der Waals surface area contributed by atoms with Crippen molar-refractivity contribution in [3.05, 3.63) is 77.2 Å². The van der Waals surface area contributed by atoms with Gasteiger partial charge in [-0.25, -0.2) is 0 Å². The maximum absolute atomic E-state index is 9.72. The van der Waals surface area contributed by atoms with Gasteiger partial charge in [-0.1, -0.05) is 23.8 Å². The van der Waals surface area contributed by atoms with E-state index in [-0.39, 0.29) is 6.61 Å². The van der Waals surface area contributed by atoms with Gasteiger partial charge in [0.2, 0.25) is 0 Å². The molecule has 0 unspecified atom stereocenters. The third kappa shape index (κ3) is 5.12. The molecule has 5 rings (SSSR count). The van der Waals surface area contributed by atoms with E-state index in [1.807, 2.05) is 36.4 Å². The molecule has 2 aromatic carbocycles. The first-order valence-corrected chi connectivity index (χ1v) is 12.4. The van der Waals surface area contributed by atoms with Crippen molar-refractivity contribution in [3.63, 3.8) is 0 Å². The quantitative estimate of drug-likeness (QED) is 0.391. The van der Waals surface area contributed by atoms with Crippen LogP contribution in [0, 0.1) is 25.2 Å². The van der Waals surface area contributed by atoms with Crippen molar-refractivity contribution in [3.8, 4) is 17.4 Å². The molecule has 2 N–H and O–H groups in total. The second-order valence-corrected chi connectivity index (χ2v) is 9.44. The van der Waals surface area contributed by atoms with Gasteiger partial charge < -0.3 is 14.8 Å². The fourth-order valence-corrected chi connectivity index (χ4v) is 4.81. The molecule has 0 bridgehead atoms. The van der Waals surface area contributed by atoms with Crippen molar-refractivity contribution >= 4 is 22.3 Å². The van der Waals surface area contributed by atoms with Gasteiger partial charge >= 0.3 is 0 Å². The molecule has 3 heterocycles. The van der Waals surface area contributed by atoms with Crippen molar-refractivity contribution < 1.29 is 9.52 Å². The summed E-state index contributed by atoms with van der Waals surface area (Å²) in [5.74, 6) is 1.74. The number of benzene rings is 2. The number of hydrogen-bond acceptors (Lipinski definition) is 7. The SMILES string of the molecule is Cc1ccc(Nc2c(C#N)cnc3cc(-c4ccc(CN5CCN(CCO)CC5)o4)ccc23)c(C)c1. The topological polar surface area (TPSA) is 88.6 Å². The van der Waals surface area contributed by atoms with E-state index in [1.165, 1.54) is 5.56 Å². The van der Waals surface area contributed by atoms with Gasteiger partial charge in [-0.15, -0.1) is 0 Å². The number of aliphatic hydroxyl groups is 1. The van der Waals surface area contributed by atoms with E-state index in [9.17, 15) is 5.26 Å². The number of anilines is 2. The molecule has 7 heteroatoms. The van der Waals surface area contributed by atoms with E-state index < -0.39 is 0 Å².